The molecule has 1 aromatic carbocycles. The van der Waals surface area contributed by atoms with Gasteiger partial charge in [0.25, 0.3) is 0 Å². The van der Waals surface area contributed by atoms with Crippen molar-refractivity contribution in [3.05, 3.63) is 22.7 Å². The van der Waals surface area contributed by atoms with E-state index in [1.54, 1.807) is 11.8 Å². The average Bonchev–Trinajstić information content (AvgIpc) is 2.22. The first kappa shape index (κ1) is 13.4. The zero-order valence-electron chi connectivity index (χ0n) is 9.13. The molecule has 5 heteroatoms. The Balaban J connectivity index is 2.40. The molecular weight excluding hydrogens is 288 g/mol. The quantitative estimate of drug-likeness (QED) is 0.649. The van der Waals surface area contributed by atoms with Gasteiger partial charge in [-0.1, -0.05) is 0 Å². The highest BCUT2D eigenvalue weighted by atomic mass is 79.9. The zero-order valence-corrected chi connectivity index (χ0v) is 11.5. The van der Waals surface area contributed by atoms with Crippen LogP contribution in [-0.4, -0.2) is 18.2 Å². The number of halogens is 1. The maximum Gasteiger partial charge on any atom is 0.220 e. The average molecular weight is 303 g/mol. The van der Waals surface area contributed by atoms with Gasteiger partial charge in [0.15, 0.2) is 0 Å². The highest BCUT2D eigenvalue weighted by Gasteiger charge is 2.03. The molecule has 1 rings (SSSR count). The standard InChI is InChI=1S/C11H15BrN2OS/c1-2-14-11(15)5-6-16-10-4-3-8(13)7-9(10)12/h3-4,7H,2,5-6,13H2,1H3,(H,14,15). The van der Waals surface area contributed by atoms with Crippen molar-refractivity contribution >= 4 is 39.3 Å². The van der Waals surface area contributed by atoms with Crippen LogP contribution in [0.25, 0.3) is 0 Å². The molecule has 0 aliphatic heterocycles. The number of hydrogen-bond acceptors (Lipinski definition) is 3. The van der Waals surface area contributed by atoms with E-state index in [4.69, 9.17) is 5.73 Å². The van der Waals surface area contributed by atoms with Gasteiger partial charge in [-0.3, -0.25) is 4.79 Å². The summed E-state index contributed by atoms with van der Waals surface area (Å²) in [6, 6.07) is 5.69. The maximum absolute atomic E-state index is 11.2. The molecule has 0 fully saturated rings. The van der Waals surface area contributed by atoms with E-state index < -0.39 is 0 Å². The maximum atomic E-state index is 11.2. The lowest BCUT2D eigenvalue weighted by molar-refractivity contribution is -0.120. The first-order valence-corrected chi connectivity index (χ1v) is 6.86. The molecule has 0 radical (unpaired) electrons. The Labute approximate surface area is 108 Å². The first-order valence-electron chi connectivity index (χ1n) is 5.08. The number of thioether (sulfide) groups is 1. The highest BCUT2D eigenvalue weighted by Crippen LogP contribution is 2.29. The molecule has 0 aliphatic rings. The van der Waals surface area contributed by atoms with Crippen molar-refractivity contribution in [1.29, 1.82) is 0 Å². The minimum atomic E-state index is 0.0987. The molecule has 0 saturated heterocycles. The molecule has 0 atom stereocenters. The van der Waals surface area contributed by atoms with E-state index >= 15 is 0 Å². The summed E-state index contributed by atoms with van der Waals surface area (Å²) < 4.78 is 0.980. The molecule has 88 valence electrons. The summed E-state index contributed by atoms with van der Waals surface area (Å²) in [5.74, 6) is 0.871. The van der Waals surface area contributed by atoms with Gasteiger partial charge < -0.3 is 11.1 Å². The largest absolute Gasteiger partial charge is 0.399 e. The molecule has 0 unspecified atom stereocenters. The van der Waals surface area contributed by atoms with E-state index in [1.165, 1.54) is 0 Å². The lowest BCUT2D eigenvalue weighted by Gasteiger charge is -2.05. The van der Waals surface area contributed by atoms with Crippen molar-refractivity contribution < 1.29 is 4.79 Å². The monoisotopic (exact) mass is 302 g/mol. The van der Waals surface area contributed by atoms with Crippen LogP contribution >= 0.6 is 27.7 Å². The molecule has 0 bridgehead atoms. The summed E-state index contributed by atoms with van der Waals surface area (Å²) in [6.45, 7) is 2.61. The van der Waals surface area contributed by atoms with Crippen LogP contribution in [0.3, 0.4) is 0 Å². The molecule has 0 aliphatic carbocycles. The Kier molecular flexibility index (Phi) is 5.69. The van der Waals surface area contributed by atoms with Crippen LogP contribution in [0.1, 0.15) is 13.3 Å². The molecule has 1 amide bonds. The van der Waals surface area contributed by atoms with Crippen molar-refractivity contribution in [2.75, 3.05) is 18.0 Å². The summed E-state index contributed by atoms with van der Waals surface area (Å²) >= 11 is 5.09. The second kappa shape index (κ2) is 6.81. The van der Waals surface area contributed by atoms with Crippen molar-refractivity contribution in [1.82, 2.24) is 5.32 Å². The Morgan fingerprint density at radius 3 is 2.94 bits per heavy atom. The number of benzene rings is 1. The lowest BCUT2D eigenvalue weighted by atomic mass is 10.3. The molecule has 0 saturated carbocycles. The third kappa shape index (κ3) is 4.45. The van der Waals surface area contributed by atoms with Crippen LogP contribution in [0.2, 0.25) is 0 Å². The fourth-order valence-electron chi connectivity index (χ4n) is 1.17. The van der Waals surface area contributed by atoms with Crippen LogP contribution in [0.15, 0.2) is 27.6 Å². The fourth-order valence-corrected chi connectivity index (χ4v) is 2.78. The van der Waals surface area contributed by atoms with Crippen LogP contribution < -0.4 is 11.1 Å². The third-order valence-corrected chi connectivity index (χ3v) is 3.91. The minimum Gasteiger partial charge on any atom is -0.399 e. The van der Waals surface area contributed by atoms with Crippen molar-refractivity contribution in [3.63, 3.8) is 0 Å². The van der Waals surface area contributed by atoms with Gasteiger partial charge in [0.1, 0.15) is 0 Å². The van der Waals surface area contributed by atoms with E-state index in [-0.39, 0.29) is 5.91 Å². The summed E-state index contributed by atoms with van der Waals surface area (Å²) in [4.78, 5) is 12.3. The molecule has 1 aromatic rings. The Morgan fingerprint density at radius 1 is 1.56 bits per heavy atom. The van der Waals surface area contributed by atoms with Crippen molar-refractivity contribution in [2.24, 2.45) is 0 Å². The van der Waals surface area contributed by atoms with Crippen LogP contribution in [0.4, 0.5) is 5.69 Å². The van der Waals surface area contributed by atoms with Gasteiger partial charge in [0.05, 0.1) is 0 Å². The number of nitrogens with one attached hydrogen (secondary N) is 1. The molecule has 0 aromatic heterocycles. The fraction of sp³-hybridized carbons (Fsp3) is 0.364. The zero-order chi connectivity index (χ0) is 12.0. The highest BCUT2D eigenvalue weighted by molar-refractivity contribution is 9.10. The van der Waals surface area contributed by atoms with Gasteiger partial charge in [-0.2, -0.15) is 0 Å². The van der Waals surface area contributed by atoms with E-state index in [1.807, 2.05) is 25.1 Å². The van der Waals surface area contributed by atoms with E-state index in [0.29, 0.717) is 13.0 Å². The number of rotatable bonds is 5. The van der Waals surface area contributed by atoms with Crippen LogP contribution in [0, 0.1) is 0 Å². The number of carbonyl (C=O) groups excluding carboxylic acids is 1. The molecule has 3 nitrogen and oxygen atoms in total. The first-order chi connectivity index (χ1) is 7.63. The van der Waals surface area contributed by atoms with Crippen molar-refractivity contribution in [3.8, 4) is 0 Å². The summed E-state index contributed by atoms with van der Waals surface area (Å²) in [6.07, 6.45) is 0.537. The summed E-state index contributed by atoms with van der Waals surface area (Å²) in [5, 5.41) is 2.77. The second-order valence-electron chi connectivity index (χ2n) is 3.24. The van der Waals surface area contributed by atoms with E-state index in [9.17, 15) is 4.79 Å². The molecular formula is C11H15BrN2OS. The Bertz CT molecular complexity index is 371. The topological polar surface area (TPSA) is 55.1 Å². The smallest absolute Gasteiger partial charge is 0.220 e. The van der Waals surface area contributed by atoms with Gasteiger partial charge in [-0.25, -0.2) is 0 Å². The van der Waals surface area contributed by atoms with Crippen molar-refractivity contribution in [2.45, 2.75) is 18.2 Å². The Hall–Kier alpha value is -0.680. The minimum absolute atomic E-state index is 0.0987. The molecule has 16 heavy (non-hydrogen) atoms. The number of amides is 1. The number of hydrogen-bond donors (Lipinski definition) is 2. The van der Waals surface area contributed by atoms with Crippen LogP contribution in [0.5, 0.6) is 0 Å². The molecule has 3 N–H and O–H groups in total. The predicted octanol–water partition coefficient (Wildman–Crippen LogP) is 2.65. The van der Waals surface area contributed by atoms with E-state index in [0.717, 1.165) is 20.8 Å². The Morgan fingerprint density at radius 2 is 2.31 bits per heavy atom. The number of nitrogen functional groups attached to an aromatic ring is 1. The van der Waals surface area contributed by atoms with Gasteiger partial charge in [-0.15, -0.1) is 11.8 Å². The third-order valence-electron chi connectivity index (χ3n) is 1.92. The normalized spacial score (nSPS) is 10.1. The summed E-state index contributed by atoms with van der Waals surface area (Å²) in [5.41, 5.74) is 6.38. The lowest BCUT2D eigenvalue weighted by Crippen LogP contribution is -2.22. The van der Waals surface area contributed by atoms with Gasteiger partial charge in [0, 0.05) is 33.8 Å². The number of anilines is 1. The van der Waals surface area contributed by atoms with Gasteiger partial charge >= 0.3 is 0 Å². The SMILES string of the molecule is CCNC(=O)CCSc1ccc(N)cc1Br. The predicted molar refractivity (Wildman–Crippen MR) is 72.6 cm³/mol. The van der Waals surface area contributed by atoms with Crippen LogP contribution in [-0.2, 0) is 4.79 Å². The summed E-state index contributed by atoms with van der Waals surface area (Å²) in [7, 11) is 0. The van der Waals surface area contributed by atoms with Gasteiger partial charge in [-0.05, 0) is 41.1 Å². The molecule has 0 heterocycles. The number of nitrogens with two attached hydrogens (primary N) is 1. The van der Waals surface area contributed by atoms with E-state index in [2.05, 4.69) is 21.2 Å². The second-order valence-corrected chi connectivity index (χ2v) is 5.23. The van der Waals surface area contributed by atoms with Gasteiger partial charge in [0.2, 0.25) is 5.91 Å². The molecule has 0 spiro atoms. The number of carbonyl (C=O) groups is 1.